The quantitative estimate of drug-likeness (QED) is 0.589. The molecule has 0 bridgehead atoms. The van der Waals surface area contributed by atoms with Gasteiger partial charge in [-0.2, -0.15) is 0 Å². The molecular formula is C17H26. The molecule has 0 nitrogen and oxygen atoms in total. The predicted octanol–water partition coefficient (Wildman–Crippen LogP) is 5.65. The maximum absolute atomic E-state index is 2.26. The third-order valence-electron chi connectivity index (χ3n) is 2.73. The largest absolute Gasteiger partial charge is 0.0874 e. The number of benzene rings is 1. The third kappa shape index (κ3) is 5.04. The van der Waals surface area contributed by atoms with E-state index in [0.717, 1.165) is 0 Å². The van der Waals surface area contributed by atoms with Crippen molar-refractivity contribution in [3.8, 4) is 0 Å². The summed E-state index contributed by atoms with van der Waals surface area (Å²) in [6, 6.07) is 8.73. The molecule has 0 N–H and O–H groups in total. The summed E-state index contributed by atoms with van der Waals surface area (Å²) in [5.41, 5.74) is 4.10. The van der Waals surface area contributed by atoms with E-state index in [2.05, 4.69) is 70.2 Å². The van der Waals surface area contributed by atoms with Crippen LogP contribution in [0.15, 0.2) is 48.1 Å². The van der Waals surface area contributed by atoms with Crippen LogP contribution in [0, 0.1) is 6.92 Å². The Morgan fingerprint density at radius 1 is 1.18 bits per heavy atom. The molecule has 1 rings (SSSR count). The van der Waals surface area contributed by atoms with E-state index in [1.54, 1.807) is 0 Å². The fraction of sp³-hybridized carbons (Fsp3) is 0.412. The minimum Gasteiger partial charge on any atom is -0.0874 e. The molecule has 0 heterocycles. The average Bonchev–Trinajstić information content (AvgIpc) is 2.37. The van der Waals surface area contributed by atoms with Crippen molar-refractivity contribution in [3.63, 3.8) is 0 Å². The molecular weight excluding hydrogens is 204 g/mol. The van der Waals surface area contributed by atoms with E-state index in [0.29, 0.717) is 5.92 Å². The van der Waals surface area contributed by atoms with Gasteiger partial charge in [0, 0.05) is 5.92 Å². The molecule has 1 aromatic carbocycles. The van der Waals surface area contributed by atoms with Crippen LogP contribution in [0.25, 0.3) is 0 Å². The van der Waals surface area contributed by atoms with Crippen molar-refractivity contribution < 1.29 is 0 Å². The zero-order valence-corrected chi connectivity index (χ0v) is 12.1. The maximum atomic E-state index is 2.26. The van der Waals surface area contributed by atoms with Gasteiger partial charge in [0.05, 0.1) is 0 Å². The highest BCUT2D eigenvalue weighted by atomic mass is 14.1. The summed E-state index contributed by atoms with van der Waals surface area (Å²) in [5.74, 6) is 0.478. The minimum absolute atomic E-state index is 0.478. The minimum atomic E-state index is 0.478. The van der Waals surface area contributed by atoms with E-state index >= 15 is 0 Å². The van der Waals surface area contributed by atoms with Gasteiger partial charge in [0.15, 0.2) is 0 Å². The molecule has 0 fully saturated rings. The predicted molar refractivity (Wildman–Crippen MR) is 79.5 cm³/mol. The first-order valence-electron chi connectivity index (χ1n) is 6.54. The lowest BCUT2D eigenvalue weighted by atomic mass is 9.91. The summed E-state index contributed by atoms with van der Waals surface area (Å²) in [5, 5.41) is 0. The van der Waals surface area contributed by atoms with Crippen LogP contribution >= 0.6 is 0 Å². The van der Waals surface area contributed by atoms with Gasteiger partial charge >= 0.3 is 0 Å². The second-order valence-corrected chi connectivity index (χ2v) is 3.92. The summed E-state index contributed by atoms with van der Waals surface area (Å²) in [7, 11) is 0. The first kappa shape index (κ1) is 15.7. The Hall–Kier alpha value is -1.30. The van der Waals surface area contributed by atoms with Gasteiger partial charge in [-0.3, -0.25) is 0 Å². The van der Waals surface area contributed by atoms with E-state index in [9.17, 15) is 0 Å². The first-order chi connectivity index (χ1) is 8.19. The second-order valence-electron chi connectivity index (χ2n) is 3.92. The molecule has 1 aromatic rings. The summed E-state index contributed by atoms with van der Waals surface area (Å²) >= 11 is 0. The monoisotopic (exact) mass is 230 g/mol. The van der Waals surface area contributed by atoms with Gasteiger partial charge in [0.1, 0.15) is 0 Å². The van der Waals surface area contributed by atoms with Gasteiger partial charge in [-0.1, -0.05) is 68.8 Å². The number of hydrogen-bond acceptors (Lipinski definition) is 0. The number of allylic oxidation sites excluding steroid dienone is 4. The van der Waals surface area contributed by atoms with Crippen molar-refractivity contribution in [2.45, 2.75) is 47.5 Å². The fourth-order valence-electron chi connectivity index (χ4n) is 1.81. The molecule has 0 heteroatoms. The molecule has 0 aliphatic carbocycles. The van der Waals surface area contributed by atoms with E-state index in [1.165, 1.54) is 16.7 Å². The Kier molecular flexibility index (Phi) is 8.13. The van der Waals surface area contributed by atoms with Gasteiger partial charge < -0.3 is 0 Å². The molecule has 1 unspecified atom stereocenters. The van der Waals surface area contributed by atoms with Crippen LogP contribution in [-0.4, -0.2) is 0 Å². The Morgan fingerprint density at radius 2 is 1.82 bits per heavy atom. The van der Waals surface area contributed by atoms with Crippen LogP contribution in [0.1, 0.15) is 51.7 Å². The number of hydrogen-bond donors (Lipinski definition) is 0. The molecule has 0 spiro atoms. The van der Waals surface area contributed by atoms with Crippen molar-refractivity contribution in [2.24, 2.45) is 0 Å². The van der Waals surface area contributed by atoms with Crippen molar-refractivity contribution in [1.82, 2.24) is 0 Å². The zero-order valence-electron chi connectivity index (χ0n) is 12.1. The highest BCUT2D eigenvalue weighted by Gasteiger charge is 2.07. The van der Waals surface area contributed by atoms with Gasteiger partial charge in [0.2, 0.25) is 0 Å². The molecule has 0 amide bonds. The van der Waals surface area contributed by atoms with Crippen LogP contribution in [0.5, 0.6) is 0 Å². The van der Waals surface area contributed by atoms with Crippen LogP contribution in [-0.2, 0) is 0 Å². The van der Waals surface area contributed by atoms with E-state index < -0.39 is 0 Å². The van der Waals surface area contributed by atoms with E-state index in [1.807, 2.05) is 13.8 Å². The van der Waals surface area contributed by atoms with Crippen LogP contribution < -0.4 is 0 Å². The van der Waals surface area contributed by atoms with Gasteiger partial charge in [-0.05, 0) is 31.9 Å². The molecule has 0 saturated heterocycles. The zero-order chi connectivity index (χ0) is 13.3. The number of rotatable bonds is 3. The summed E-state index contributed by atoms with van der Waals surface area (Å²) in [4.78, 5) is 0. The Labute approximate surface area is 107 Å². The Balaban J connectivity index is 0.00000121. The Bertz CT molecular complexity index is 369. The topological polar surface area (TPSA) is 0 Å². The SMILES string of the molecule is C/C=C\C(=C/C)C(C)c1cccc(C)c1.CC. The lowest BCUT2D eigenvalue weighted by Crippen LogP contribution is -1.96. The molecule has 0 aliphatic heterocycles. The third-order valence-corrected chi connectivity index (χ3v) is 2.73. The standard InChI is InChI=1S/C15H20.C2H6/c1-5-8-14(6-2)13(4)15-10-7-9-12(3)11-15;1-2/h5-11,13H,1-4H3;1-2H3/b8-5-,14-6+;. The van der Waals surface area contributed by atoms with Crippen molar-refractivity contribution in [3.05, 3.63) is 59.2 Å². The number of aryl methyl sites for hydroxylation is 1. The lowest BCUT2D eigenvalue weighted by molar-refractivity contribution is 0.915. The molecule has 0 saturated carbocycles. The van der Waals surface area contributed by atoms with Crippen LogP contribution in [0.2, 0.25) is 0 Å². The summed E-state index contributed by atoms with van der Waals surface area (Å²) < 4.78 is 0. The summed E-state index contributed by atoms with van der Waals surface area (Å²) in [6.07, 6.45) is 6.47. The molecule has 94 valence electrons. The highest BCUT2D eigenvalue weighted by molar-refractivity contribution is 5.35. The smallest absolute Gasteiger partial charge is 0.00577 e. The van der Waals surface area contributed by atoms with Crippen molar-refractivity contribution in [1.29, 1.82) is 0 Å². The maximum Gasteiger partial charge on any atom is 0.00577 e. The first-order valence-corrected chi connectivity index (χ1v) is 6.54. The fourth-order valence-corrected chi connectivity index (χ4v) is 1.81. The molecule has 0 aromatic heterocycles. The summed E-state index contributed by atoms with van der Waals surface area (Å²) in [6.45, 7) is 12.6. The highest BCUT2D eigenvalue weighted by Crippen LogP contribution is 2.25. The van der Waals surface area contributed by atoms with Gasteiger partial charge in [0.25, 0.3) is 0 Å². The molecule has 1 atom stereocenters. The average molecular weight is 230 g/mol. The van der Waals surface area contributed by atoms with Crippen molar-refractivity contribution >= 4 is 0 Å². The van der Waals surface area contributed by atoms with Gasteiger partial charge in [-0.15, -0.1) is 0 Å². The van der Waals surface area contributed by atoms with Crippen molar-refractivity contribution in [2.75, 3.05) is 0 Å². The second kappa shape index (κ2) is 8.81. The lowest BCUT2D eigenvalue weighted by Gasteiger charge is -2.13. The van der Waals surface area contributed by atoms with E-state index in [4.69, 9.17) is 0 Å². The Morgan fingerprint density at radius 3 is 2.29 bits per heavy atom. The van der Waals surface area contributed by atoms with Crippen LogP contribution in [0.4, 0.5) is 0 Å². The molecule has 0 radical (unpaired) electrons. The van der Waals surface area contributed by atoms with Crippen LogP contribution in [0.3, 0.4) is 0 Å². The molecule has 0 aliphatic rings. The molecule has 17 heavy (non-hydrogen) atoms. The van der Waals surface area contributed by atoms with E-state index in [-0.39, 0.29) is 0 Å². The normalized spacial score (nSPS) is 13.2. The van der Waals surface area contributed by atoms with Gasteiger partial charge in [-0.25, -0.2) is 0 Å².